The molecule has 0 saturated carbocycles. The minimum absolute atomic E-state index is 0.108. The molecule has 5 nitrogen and oxygen atoms in total. The number of aliphatic imine (C=N–C) groups is 1. The molecule has 27 heavy (non-hydrogen) atoms. The Morgan fingerprint density at radius 2 is 1.89 bits per heavy atom. The highest BCUT2D eigenvalue weighted by atomic mass is 32.1. The maximum absolute atomic E-state index is 12.9. The molecular weight excluding hydrogens is 356 g/mol. The summed E-state index contributed by atoms with van der Waals surface area (Å²) in [4.78, 5) is 22.3. The van der Waals surface area contributed by atoms with Gasteiger partial charge < -0.3 is 15.5 Å². The van der Waals surface area contributed by atoms with Gasteiger partial charge in [-0.05, 0) is 43.4 Å². The van der Waals surface area contributed by atoms with Crippen LogP contribution in [0.4, 0.5) is 5.00 Å². The molecule has 0 bridgehead atoms. The third-order valence-electron chi connectivity index (χ3n) is 5.32. The standard InChI is InChI=1S/C21H28N4OS/c1-14(7-8-15(2)23-4)16(3)25-12-9-17-18(13-25)27-20(22)19(17)21(26)24-10-5-6-11-24/h7-8H,1,3,5-6,9-13,22H2,2,4H3/b8-7-,23-15?. The number of rotatable bonds is 5. The Morgan fingerprint density at radius 3 is 2.56 bits per heavy atom. The lowest BCUT2D eigenvalue weighted by Gasteiger charge is -2.31. The average molecular weight is 385 g/mol. The Labute approximate surface area is 165 Å². The van der Waals surface area contributed by atoms with Gasteiger partial charge in [-0.25, -0.2) is 0 Å². The van der Waals surface area contributed by atoms with Crippen LogP contribution < -0.4 is 5.73 Å². The van der Waals surface area contributed by atoms with E-state index in [1.165, 1.54) is 16.2 Å². The Kier molecular flexibility index (Phi) is 5.85. The number of hydrogen-bond donors (Lipinski definition) is 1. The van der Waals surface area contributed by atoms with Crippen molar-refractivity contribution >= 4 is 28.0 Å². The van der Waals surface area contributed by atoms with E-state index in [1.54, 1.807) is 7.05 Å². The van der Waals surface area contributed by atoms with Crippen molar-refractivity contribution in [1.82, 2.24) is 9.80 Å². The summed E-state index contributed by atoms with van der Waals surface area (Å²) in [6, 6.07) is 0. The van der Waals surface area contributed by atoms with Crippen LogP contribution in [0.25, 0.3) is 0 Å². The predicted molar refractivity (Wildman–Crippen MR) is 114 cm³/mol. The Balaban J connectivity index is 1.74. The quantitative estimate of drug-likeness (QED) is 0.623. The first kappa shape index (κ1) is 19.4. The van der Waals surface area contributed by atoms with Gasteiger partial charge in [0, 0.05) is 43.0 Å². The van der Waals surface area contributed by atoms with Gasteiger partial charge >= 0.3 is 0 Å². The second-order valence-electron chi connectivity index (χ2n) is 7.08. The minimum atomic E-state index is 0.108. The SMILES string of the molecule is C=C(/C=C\C(C)=NC)C(=C)N1CCc2c(sc(N)c2C(=O)N2CCCC2)C1. The van der Waals surface area contributed by atoms with Crippen molar-refractivity contribution in [1.29, 1.82) is 0 Å². The molecule has 0 aromatic carbocycles. The Hall–Kier alpha value is -2.34. The zero-order valence-corrected chi connectivity index (χ0v) is 17.1. The topological polar surface area (TPSA) is 61.9 Å². The molecule has 1 aromatic rings. The molecule has 6 heteroatoms. The molecule has 1 saturated heterocycles. The number of hydrogen-bond acceptors (Lipinski definition) is 5. The summed E-state index contributed by atoms with van der Waals surface area (Å²) in [5, 5.41) is 0.651. The fourth-order valence-corrected chi connectivity index (χ4v) is 4.69. The average Bonchev–Trinajstić information content (AvgIpc) is 3.31. The number of amides is 1. The van der Waals surface area contributed by atoms with Crippen LogP contribution in [-0.2, 0) is 13.0 Å². The van der Waals surface area contributed by atoms with Gasteiger partial charge in [-0.2, -0.15) is 0 Å². The van der Waals surface area contributed by atoms with Gasteiger partial charge in [0.15, 0.2) is 0 Å². The van der Waals surface area contributed by atoms with E-state index in [0.29, 0.717) is 5.00 Å². The van der Waals surface area contributed by atoms with Gasteiger partial charge in [0.25, 0.3) is 5.91 Å². The maximum Gasteiger partial charge on any atom is 0.257 e. The molecule has 3 heterocycles. The molecule has 1 fully saturated rings. The van der Waals surface area contributed by atoms with Gasteiger partial charge in [0.1, 0.15) is 0 Å². The molecule has 0 spiro atoms. The van der Waals surface area contributed by atoms with E-state index in [-0.39, 0.29) is 5.91 Å². The molecule has 144 valence electrons. The Morgan fingerprint density at radius 1 is 1.19 bits per heavy atom. The molecule has 0 unspecified atom stereocenters. The minimum Gasteiger partial charge on any atom is -0.390 e. The van der Waals surface area contributed by atoms with Crippen molar-refractivity contribution in [2.24, 2.45) is 4.99 Å². The molecule has 0 aliphatic carbocycles. The smallest absolute Gasteiger partial charge is 0.257 e. The lowest BCUT2D eigenvalue weighted by Crippen LogP contribution is -2.32. The van der Waals surface area contributed by atoms with Crippen LogP contribution in [0.3, 0.4) is 0 Å². The zero-order chi connectivity index (χ0) is 19.6. The van der Waals surface area contributed by atoms with E-state index < -0.39 is 0 Å². The number of nitrogens with two attached hydrogens (primary N) is 1. The lowest BCUT2D eigenvalue weighted by molar-refractivity contribution is 0.0792. The van der Waals surface area contributed by atoms with E-state index in [0.717, 1.165) is 73.6 Å². The molecule has 0 radical (unpaired) electrons. The van der Waals surface area contributed by atoms with E-state index in [2.05, 4.69) is 23.1 Å². The highest BCUT2D eigenvalue weighted by Gasteiger charge is 2.30. The molecule has 3 rings (SSSR count). The largest absolute Gasteiger partial charge is 0.390 e. The van der Waals surface area contributed by atoms with E-state index in [9.17, 15) is 4.79 Å². The van der Waals surface area contributed by atoms with Crippen LogP contribution in [0, 0.1) is 0 Å². The highest BCUT2D eigenvalue weighted by molar-refractivity contribution is 7.16. The van der Waals surface area contributed by atoms with E-state index in [4.69, 9.17) is 5.73 Å². The normalized spacial score (nSPS) is 17.5. The molecule has 2 aliphatic rings. The molecule has 1 aromatic heterocycles. The first-order valence-electron chi connectivity index (χ1n) is 9.36. The van der Waals surface area contributed by atoms with Crippen LogP contribution in [0.2, 0.25) is 0 Å². The summed E-state index contributed by atoms with van der Waals surface area (Å²) < 4.78 is 0. The third kappa shape index (κ3) is 4.00. The number of nitrogen functional groups attached to an aromatic ring is 1. The van der Waals surface area contributed by atoms with Crippen molar-refractivity contribution < 1.29 is 4.79 Å². The number of carbonyl (C=O) groups is 1. The van der Waals surface area contributed by atoms with Gasteiger partial charge in [0.2, 0.25) is 0 Å². The van der Waals surface area contributed by atoms with E-state index >= 15 is 0 Å². The summed E-state index contributed by atoms with van der Waals surface area (Å²) >= 11 is 1.54. The van der Waals surface area contributed by atoms with Crippen molar-refractivity contribution in [2.45, 2.75) is 32.7 Å². The number of likely N-dealkylation sites (tertiary alicyclic amines) is 1. The monoisotopic (exact) mass is 384 g/mol. The van der Waals surface area contributed by atoms with Crippen LogP contribution in [0.15, 0.2) is 41.6 Å². The maximum atomic E-state index is 12.9. The number of carbonyl (C=O) groups excluding carboxylic acids is 1. The van der Waals surface area contributed by atoms with Crippen LogP contribution in [0.1, 0.15) is 40.6 Å². The summed E-state index contributed by atoms with van der Waals surface area (Å²) in [5.74, 6) is 0.108. The second kappa shape index (κ2) is 8.13. The lowest BCUT2D eigenvalue weighted by atomic mass is 10.0. The predicted octanol–water partition coefficient (Wildman–Crippen LogP) is 3.64. The number of nitrogens with zero attached hydrogens (tertiary/aromatic N) is 3. The molecule has 2 N–H and O–H groups in total. The van der Waals surface area contributed by atoms with Crippen LogP contribution in [0.5, 0.6) is 0 Å². The number of fused-ring (bicyclic) bond motifs is 1. The summed E-state index contributed by atoms with van der Waals surface area (Å²) in [5.41, 5.74) is 10.9. The fourth-order valence-electron chi connectivity index (χ4n) is 3.56. The van der Waals surface area contributed by atoms with Gasteiger partial charge in [0.05, 0.1) is 17.1 Å². The van der Waals surface area contributed by atoms with Gasteiger partial charge in [-0.1, -0.05) is 19.2 Å². The fraction of sp³-hybridized carbons (Fsp3) is 0.429. The van der Waals surface area contributed by atoms with Crippen LogP contribution in [-0.4, -0.2) is 48.1 Å². The van der Waals surface area contributed by atoms with Crippen molar-refractivity contribution in [3.8, 4) is 0 Å². The zero-order valence-electron chi connectivity index (χ0n) is 16.3. The molecule has 1 amide bonds. The first-order valence-corrected chi connectivity index (χ1v) is 10.2. The summed E-state index contributed by atoms with van der Waals surface area (Å²) in [6.45, 7) is 13.5. The molecule has 2 aliphatic heterocycles. The van der Waals surface area contributed by atoms with Gasteiger partial charge in [-0.3, -0.25) is 9.79 Å². The number of allylic oxidation sites excluding steroid dienone is 2. The number of thiophene rings is 1. The van der Waals surface area contributed by atoms with Crippen molar-refractivity contribution in [3.05, 3.63) is 52.6 Å². The van der Waals surface area contributed by atoms with Crippen LogP contribution >= 0.6 is 11.3 Å². The summed E-state index contributed by atoms with van der Waals surface area (Å²) in [6.07, 6.45) is 6.88. The highest BCUT2D eigenvalue weighted by Crippen LogP contribution is 2.37. The molecule has 0 atom stereocenters. The molecular formula is C21H28N4OS. The number of anilines is 1. The van der Waals surface area contributed by atoms with E-state index in [1.807, 2.05) is 24.0 Å². The Bertz CT molecular complexity index is 827. The van der Waals surface area contributed by atoms with Crippen molar-refractivity contribution in [3.63, 3.8) is 0 Å². The summed E-state index contributed by atoms with van der Waals surface area (Å²) in [7, 11) is 1.77. The van der Waals surface area contributed by atoms with Gasteiger partial charge in [-0.15, -0.1) is 11.3 Å². The first-order chi connectivity index (χ1) is 12.9. The van der Waals surface area contributed by atoms with Crippen molar-refractivity contribution in [2.75, 3.05) is 32.4 Å². The third-order valence-corrected chi connectivity index (χ3v) is 6.37. The second-order valence-corrected chi connectivity index (χ2v) is 8.22.